The molecule has 2 nitrogen and oxygen atoms in total. The van der Waals surface area contributed by atoms with Crippen LogP contribution in [0.15, 0.2) is 42.1 Å². The van der Waals surface area contributed by atoms with Crippen molar-refractivity contribution < 1.29 is 0 Å². The van der Waals surface area contributed by atoms with Gasteiger partial charge in [-0.2, -0.15) is 5.10 Å². The van der Waals surface area contributed by atoms with Crippen LogP contribution in [0.5, 0.6) is 0 Å². The summed E-state index contributed by atoms with van der Waals surface area (Å²) in [6, 6.07) is 7.83. The molecular weight excluding hydrogens is 327 g/mol. The van der Waals surface area contributed by atoms with E-state index in [4.69, 9.17) is 23.2 Å². The Labute approximate surface area is 149 Å². The highest BCUT2D eigenvalue weighted by Crippen LogP contribution is 2.24. The number of benzene rings is 1. The summed E-state index contributed by atoms with van der Waals surface area (Å²) in [6.45, 7) is 7.48. The fourth-order valence-corrected chi connectivity index (χ4v) is 3.27. The summed E-state index contributed by atoms with van der Waals surface area (Å²) in [5.41, 5.74) is 3.78. The second-order valence-corrected chi connectivity index (χ2v) is 6.86. The van der Waals surface area contributed by atoms with Crippen LogP contribution in [-0.2, 0) is 13.0 Å². The average Bonchev–Trinajstić information content (AvgIpc) is 2.98. The molecule has 1 unspecified atom stereocenters. The fourth-order valence-electron chi connectivity index (χ4n) is 2.79. The Bertz CT molecular complexity index is 674. The standard InChI is InChI=1S/C19H24Cl2N2/c1-4-23-19(10-11-22-23)15(3)7-5-6-14(2)12-16-8-9-17(20)13-18(16)21/h6,8-11,13,15H,4-5,7,12H2,1-3H3. The van der Waals surface area contributed by atoms with Gasteiger partial charge < -0.3 is 0 Å². The maximum absolute atomic E-state index is 6.24. The van der Waals surface area contributed by atoms with Crippen molar-refractivity contribution in [2.24, 2.45) is 0 Å². The third kappa shape index (κ3) is 5.12. The molecule has 23 heavy (non-hydrogen) atoms. The predicted molar refractivity (Wildman–Crippen MR) is 99.5 cm³/mol. The van der Waals surface area contributed by atoms with Crippen LogP contribution >= 0.6 is 23.2 Å². The monoisotopic (exact) mass is 350 g/mol. The first kappa shape index (κ1) is 18.1. The molecule has 0 spiro atoms. The zero-order valence-electron chi connectivity index (χ0n) is 14.0. The highest BCUT2D eigenvalue weighted by atomic mass is 35.5. The van der Waals surface area contributed by atoms with Crippen molar-refractivity contribution in [3.63, 3.8) is 0 Å². The molecule has 2 aromatic rings. The SMILES string of the molecule is CCn1nccc1C(C)CCC=C(C)Cc1ccc(Cl)cc1Cl. The van der Waals surface area contributed by atoms with E-state index in [2.05, 4.69) is 42.7 Å². The van der Waals surface area contributed by atoms with E-state index in [1.807, 2.05) is 18.3 Å². The number of halogens is 2. The highest BCUT2D eigenvalue weighted by molar-refractivity contribution is 6.35. The van der Waals surface area contributed by atoms with Crippen LogP contribution in [0, 0.1) is 0 Å². The lowest BCUT2D eigenvalue weighted by Crippen LogP contribution is -2.05. The molecule has 0 bridgehead atoms. The summed E-state index contributed by atoms with van der Waals surface area (Å²) in [6.07, 6.45) is 7.26. The maximum atomic E-state index is 6.24. The van der Waals surface area contributed by atoms with E-state index >= 15 is 0 Å². The summed E-state index contributed by atoms with van der Waals surface area (Å²) in [5, 5.41) is 5.77. The van der Waals surface area contributed by atoms with E-state index in [1.165, 1.54) is 11.3 Å². The maximum Gasteiger partial charge on any atom is 0.0492 e. The van der Waals surface area contributed by atoms with Gasteiger partial charge in [0.25, 0.3) is 0 Å². The van der Waals surface area contributed by atoms with Gasteiger partial charge in [0.2, 0.25) is 0 Å². The predicted octanol–water partition coefficient (Wildman–Crippen LogP) is 6.28. The number of aryl methyl sites for hydroxylation is 1. The second-order valence-electron chi connectivity index (χ2n) is 6.01. The molecule has 0 amide bonds. The third-order valence-electron chi connectivity index (χ3n) is 4.13. The van der Waals surface area contributed by atoms with Crippen molar-refractivity contribution in [1.82, 2.24) is 9.78 Å². The number of hydrogen-bond donors (Lipinski definition) is 0. The number of aromatic nitrogens is 2. The van der Waals surface area contributed by atoms with Crippen LogP contribution in [0.4, 0.5) is 0 Å². The van der Waals surface area contributed by atoms with E-state index in [0.29, 0.717) is 10.9 Å². The van der Waals surface area contributed by atoms with Gasteiger partial charge in [-0.3, -0.25) is 4.68 Å². The number of nitrogens with zero attached hydrogens (tertiary/aromatic N) is 2. The smallest absolute Gasteiger partial charge is 0.0492 e. The lowest BCUT2D eigenvalue weighted by Gasteiger charge is -2.12. The van der Waals surface area contributed by atoms with Crippen molar-refractivity contribution in [3.8, 4) is 0 Å². The molecule has 0 fully saturated rings. The van der Waals surface area contributed by atoms with Gasteiger partial charge in [0.05, 0.1) is 0 Å². The first-order valence-electron chi connectivity index (χ1n) is 8.12. The van der Waals surface area contributed by atoms with Crippen molar-refractivity contribution in [2.45, 2.75) is 52.5 Å². The van der Waals surface area contributed by atoms with Crippen molar-refractivity contribution in [1.29, 1.82) is 0 Å². The van der Waals surface area contributed by atoms with Crippen LogP contribution in [0.1, 0.15) is 50.8 Å². The molecule has 2 rings (SSSR count). The number of allylic oxidation sites excluding steroid dienone is 2. The molecule has 1 aromatic carbocycles. The van der Waals surface area contributed by atoms with Crippen LogP contribution < -0.4 is 0 Å². The third-order valence-corrected chi connectivity index (χ3v) is 4.72. The minimum atomic E-state index is 0.514. The molecule has 0 radical (unpaired) electrons. The zero-order chi connectivity index (χ0) is 16.8. The van der Waals surface area contributed by atoms with E-state index in [1.54, 1.807) is 6.07 Å². The topological polar surface area (TPSA) is 17.8 Å². The van der Waals surface area contributed by atoms with Gasteiger partial charge in [0.15, 0.2) is 0 Å². The van der Waals surface area contributed by atoms with Gasteiger partial charge >= 0.3 is 0 Å². The van der Waals surface area contributed by atoms with Gasteiger partial charge in [-0.1, -0.05) is 47.8 Å². The van der Waals surface area contributed by atoms with Crippen LogP contribution in [0.25, 0.3) is 0 Å². The van der Waals surface area contributed by atoms with Crippen LogP contribution in [0.3, 0.4) is 0 Å². The van der Waals surface area contributed by atoms with Crippen LogP contribution in [-0.4, -0.2) is 9.78 Å². The molecule has 4 heteroatoms. The molecule has 124 valence electrons. The molecule has 0 aliphatic rings. The molecule has 0 N–H and O–H groups in total. The fraction of sp³-hybridized carbons (Fsp3) is 0.421. The van der Waals surface area contributed by atoms with E-state index < -0.39 is 0 Å². The largest absolute Gasteiger partial charge is 0.270 e. The van der Waals surface area contributed by atoms with E-state index in [-0.39, 0.29) is 0 Å². The Hall–Kier alpha value is -1.25. The lowest BCUT2D eigenvalue weighted by molar-refractivity contribution is 0.563. The Morgan fingerprint density at radius 1 is 1.30 bits per heavy atom. The molecule has 1 aromatic heterocycles. The number of rotatable bonds is 7. The summed E-state index contributed by atoms with van der Waals surface area (Å²) in [7, 11) is 0. The lowest BCUT2D eigenvalue weighted by atomic mass is 9.99. The summed E-state index contributed by atoms with van der Waals surface area (Å²) in [5.74, 6) is 0.514. The van der Waals surface area contributed by atoms with E-state index in [9.17, 15) is 0 Å². The minimum Gasteiger partial charge on any atom is -0.270 e. The molecule has 1 heterocycles. The van der Waals surface area contributed by atoms with Gasteiger partial charge in [0, 0.05) is 28.5 Å². The highest BCUT2D eigenvalue weighted by Gasteiger charge is 2.09. The summed E-state index contributed by atoms with van der Waals surface area (Å²) < 4.78 is 2.08. The van der Waals surface area contributed by atoms with Crippen molar-refractivity contribution in [3.05, 3.63) is 63.4 Å². The van der Waals surface area contributed by atoms with Crippen LogP contribution in [0.2, 0.25) is 10.0 Å². The average molecular weight is 351 g/mol. The Morgan fingerprint density at radius 3 is 2.78 bits per heavy atom. The molecule has 1 atom stereocenters. The van der Waals surface area contributed by atoms with Crippen molar-refractivity contribution >= 4 is 23.2 Å². The van der Waals surface area contributed by atoms with Gasteiger partial charge in [-0.05, 0) is 62.8 Å². The number of hydrogen-bond acceptors (Lipinski definition) is 1. The van der Waals surface area contributed by atoms with Gasteiger partial charge in [-0.15, -0.1) is 0 Å². The Balaban J connectivity index is 1.89. The first-order valence-corrected chi connectivity index (χ1v) is 8.88. The molecule has 0 aliphatic carbocycles. The first-order chi connectivity index (χ1) is 11.0. The molecule has 0 saturated heterocycles. The normalized spacial score (nSPS) is 13.3. The van der Waals surface area contributed by atoms with E-state index in [0.717, 1.165) is 36.4 Å². The Morgan fingerprint density at radius 2 is 2.09 bits per heavy atom. The minimum absolute atomic E-state index is 0.514. The van der Waals surface area contributed by atoms with Gasteiger partial charge in [0.1, 0.15) is 0 Å². The summed E-state index contributed by atoms with van der Waals surface area (Å²) in [4.78, 5) is 0. The Kier molecular flexibility index (Phi) is 6.73. The van der Waals surface area contributed by atoms with Crippen molar-refractivity contribution in [2.75, 3.05) is 0 Å². The zero-order valence-corrected chi connectivity index (χ0v) is 15.5. The van der Waals surface area contributed by atoms with Gasteiger partial charge in [-0.25, -0.2) is 0 Å². The summed E-state index contributed by atoms with van der Waals surface area (Å²) >= 11 is 12.2. The molecular formula is C19H24Cl2N2. The second kappa shape index (κ2) is 8.56. The molecule has 0 aliphatic heterocycles. The molecule has 0 saturated carbocycles. The quantitative estimate of drug-likeness (QED) is 0.537.